The number of aromatic amines is 1. The SMILES string of the molecule is CC(C)(C)NC(=O)C(C1CCCCC1)N1CCc2c([nH]c3ccccc23)CC1=O. The van der Waals surface area contributed by atoms with Crippen molar-refractivity contribution in [3.05, 3.63) is 35.5 Å². The second-order valence-electron chi connectivity index (χ2n) is 9.72. The molecule has 29 heavy (non-hydrogen) atoms. The molecule has 2 N–H and O–H groups in total. The number of aromatic nitrogens is 1. The van der Waals surface area contributed by atoms with E-state index >= 15 is 0 Å². The summed E-state index contributed by atoms with van der Waals surface area (Å²) in [5.74, 6) is 0.325. The molecule has 1 aliphatic carbocycles. The Labute approximate surface area is 173 Å². The van der Waals surface area contributed by atoms with E-state index in [9.17, 15) is 9.59 Å². The molecule has 0 bridgehead atoms. The van der Waals surface area contributed by atoms with Gasteiger partial charge in [0.1, 0.15) is 6.04 Å². The van der Waals surface area contributed by atoms with Gasteiger partial charge in [0.25, 0.3) is 0 Å². The van der Waals surface area contributed by atoms with E-state index in [2.05, 4.69) is 22.4 Å². The highest BCUT2D eigenvalue weighted by Gasteiger charge is 2.39. The van der Waals surface area contributed by atoms with Crippen molar-refractivity contribution in [3.63, 3.8) is 0 Å². The molecule has 1 aromatic carbocycles. The molecule has 2 aromatic rings. The molecule has 0 radical (unpaired) electrons. The minimum Gasteiger partial charge on any atom is -0.358 e. The number of H-pyrrole nitrogens is 1. The summed E-state index contributed by atoms with van der Waals surface area (Å²) in [6.07, 6.45) is 6.72. The molecule has 2 heterocycles. The lowest BCUT2D eigenvalue weighted by atomic mass is 9.82. The lowest BCUT2D eigenvalue weighted by Gasteiger charge is -2.39. The van der Waals surface area contributed by atoms with E-state index in [1.165, 1.54) is 17.4 Å². The van der Waals surface area contributed by atoms with Gasteiger partial charge >= 0.3 is 0 Å². The highest BCUT2D eigenvalue weighted by Crippen LogP contribution is 2.32. The average Bonchev–Trinajstić information content (AvgIpc) is 2.93. The van der Waals surface area contributed by atoms with E-state index in [1.54, 1.807) is 0 Å². The van der Waals surface area contributed by atoms with Gasteiger partial charge in [-0.1, -0.05) is 37.5 Å². The van der Waals surface area contributed by atoms with Crippen LogP contribution in [0.25, 0.3) is 10.9 Å². The van der Waals surface area contributed by atoms with Crippen LogP contribution >= 0.6 is 0 Å². The standard InChI is InChI=1S/C24H33N3O2/c1-24(2,3)26-23(29)22(16-9-5-4-6-10-16)27-14-13-18-17-11-7-8-12-19(17)25-20(18)15-21(27)28/h7-8,11-12,16,22,25H,4-6,9-10,13-15H2,1-3H3,(H,26,29). The van der Waals surface area contributed by atoms with Crippen molar-refractivity contribution in [3.8, 4) is 0 Å². The van der Waals surface area contributed by atoms with Crippen LogP contribution in [0, 0.1) is 5.92 Å². The summed E-state index contributed by atoms with van der Waals surface area (Å²) in [7, 11) is 0. The van der Waals surface area contributed by atoms with Gasteiger partial charge < -0.3 is 15.2 Å². The Hall–Kier alpha value is -2.30. The lowest BCUT2D eigenvalue weighted by Crippen LogP contribution is -2.57. The Morgan fingerprint density at radius 3 is 2.62 bits per heavy atom. The molecule has 156 valence electrons. The monoisotopic (exact) mass is 395 g/mol. The van der Waals surface area contributed by atoms with Crippen LogP contribution in [0.5, 0.6) is 0 Å². The summed E-state index contributed by atoms with van der Waals surface area (Å²) in [4.78, 5) is 32.0. The molecule has 1 aliphatic heterocycles. The van der Waals surface area contributed by atoms with Crippen molar-refractivity contribution >= 4 is 22.7 Å². The molecule has 1 aromatic heterocycles. The molecular weight excluding hydrogens is 362 g/mol. The molecule has 1 fully saturated rings. The van der Waals surface area contributed by atoms with Crippen LogP contribution in [0.3, 0.4) is 0 Å². The first kappa shape index (κ1) is 20.0. The summed E-state index contributed by atoms with van der Waals surface area (Å²) in [6, 6.07) is 7.88. The highest BCUT2D eigenvalue weighted by molar-refractivity contribution is 5.92. The normalized spacial score (nSPS) is 19.7. The van der Waals surface area contributed by atoms with Crippen LogP contribution in [0.2, 0.25) is 0 Å². The predicted octanol–water partition coefficient (Wildman–Crippen LogP) is 3.96. The van der Waals surface area contributed by atoms with E-state index in [0.29, 0.717) is 13.0 Å². The molecule has 2 aliphatic rings. The van der Waals surface area contributed by atoms with Gasteiger partial charge in [0.05, 0.1) is 6.42 Å². The first-order valence-electron chi connectivity index (χ1n) is 11.0. The second kappa shape index (κ2) is 7.85. The zero-order chi connectivity index (χ0) is 20.6. The van der Waals surface area contributed by atoms with Crippen molar-refractivity contribution in [2.24, 2.45) is 5.92 Å². The molecule has 5 heteroatoms. The molecule has 2 amide bonds. The van der Waals surface area contributed by atoms with E-state index < -0.39 is 0 Å². The van der Waals surface area contributed by atoms with Gasteiger partial charge in [0.2, 0.25) is 11.8 Å². The number of nitrogens with one attached hydrogen (secondary N) is 2. The molecule has 4 rings (SSSR count). The quantitative estimate of drug-likeness (QED) is 0.826. The number of nitrogens with zero attached hydrogens (tertiary/aromatic N) is 1. The lowest BCUT2D eigenvalue weighted by molar-refractivity contribution is -0.143. The van der Waals surface area contributed by atoms with Crippen LogP contribution in [0.15, 0.2) is 24.3 Å². The van der Waals surface area contributed by atoms with Crippen LogP contribution in [-0.4, -0.2) is 39.8 Å². The Morgan fingerprint density at radius 2 is 1.90 bits per heavy atom. The van der Waals surface area contributed by atoms with Crippen molar-refractivity contribution in [1.29, 1.82) is 0 Å². The first-order valence-corrected chi connectivity index (χ1v) is 11.0. The zero-order valence-corrected chi connectivity index (χ0v) is 17.9. The second-order valence-corrected chi connectivity index (χ2v) is 9.72. The van der Waals surface area contributed by atoms with E-state index in [1.807, 2.05) is 37.8 Å². The third-order valence-electron chi connectivity index (χ3n) is 6.35. The van der Waals surface area contributed by atoms with Crippen LogP contribution in [0.1, 0.15) is 64.1 Å². The largest absolute Gasteiger partial charge is 0.358 e. The van der Waals surface area contributed by atoms with Gasteiger partial charge in [-0.05, 0) is 57.6 Å². The number of carbonyl (C=O) groups excluding carboxylic acids is 2. The van der Waals surface area contributed by atoms with E-state index in [4.69, 9.17) is 0 Å². The smallest absolute Gasteiger partial charge is 0.243 e. The molecule has 0 saturated heterocycles. The molecule has 5 nitrogen and oxygen atoms in total. The fraction of sp³-hybridized carbons (Fsp3) is 0.583. The molecule has 0 spiro atoms. The topological polar surface area (TPSA) is 65.2 Å². The van der Waals surface area contributed by atoms with Gasteiger partial charge in [0.15, 0.2) is 0 Å². The Morgan fingerprint density at radius 1 is 1.17 bits per heavy atom. The summed E-state index contributed by atoms with van der Waals surface area (Å²) < 4.78 is 0. The van der Waals surface area contributed by atoms with Crippen molar-refractivity contribution < 1.29 is 9.59 Å². The fourth-order valence-electron chi connectivity index (χ4n) is 5.10. The number of carbonyl (C=O) groups is 2. The van der Waals surface area contributed by atoms with Crippen LogP contribution in [0.4, 0.5) is 0 Å². The molecular formula is C24H33N3O2. The Kier molecular flexibility index (Phi) is 5.41. The first-order chi connectivity index (χ1) is 13.8. The van der Waals surface area contributed by atoms with Gasteiger partial charge in [-0.25, -0.2) is 0 Å². The zero-order valence-electron chi connectivity index (χ0n) is 17.9. The number of hydrogen-bond donors (Lipinski definition) is 2. The van der Waals surface area contributed by atoms with Gasteiger partial charge in [-0.2, -0.15) is 0 Å². The maximum absolute atomic E-state index is 13.3. The Balaban J connectivity index is 1.63. The summed E-state index contributed by atoms with van der Waals surface area (Å²) in [5, 5.41) is 4.36. The number of hydrogen-bond acceptors (Lipinski definition) is 2. The van der Waals surface area contributed by atoms with E-state index in [-0.39, 0.29) is 29.3 Å². The number of rotatable bonds is 3. The highest BCUT2D eigenvalue weighted by atomic mass is 16.2. The molecule has 1 atom stereocenters. The van der Waals surface area contributed by atoms with Gasteiger partial charge in [-0.15, -0.1) is 0 Å². The number of amides is 2. The Bertz CT molecular complexity index is 902. The maximum atomic E-state index is 13.3. The fourth-order valence-corrected chi connectivity index (χ4v) is 5.10. The van der Waals surface area contributed by atoms with Crippen molar-refractivity contribution in [2.45, 2.75) is 77.3 Å². The average molecular weight is 396 g/mol. The minimum atomic E-state index is -0.364. The molecule has 1 saturated carbocycles. The summed E-state index contributed by atoms with van der Waals surface area (Å²) in [6.45, 7) is 6.62. The number of para-hydroxylation sites is 1. The summed E-state index contributed by atoms with van der Waals surface area (Å²) in [5.41, 5.74) is 3.03. The van der Waals surface area contributed by atoms with Crippen molar-refractivity contribution in [1.82, 2.24) is 15.2 Å². The third kappa shape index (κ3) is 4.19. The van der Waals surface area contributed by atoms with Gasteiger partial charge in [0, 0.05) is 28.7 Å². The third-order valence-corrected chi connectivity index (χ3v) is 6.35. The van der Waals surface area contributed by atoms with Crippen LogP contribution in [-0.2, 0) is 22.4 Å². The summed E-state index contributed by atoms with van der Waals surface area (Å²) >= 11 is 0. The predicted molar refractivity (Wildman–Crippen MR) is 116 cm³/mol. The number of benzene rings is 1. The van der Waals surface area contributed by atoms with E-state index in [0.717, 1.165) is 43.3 Å². The van der Waals surface area contributed by atoms with Crippen LogP contribution < -0.4 is 5.32 Å². The van der Waals surface area contributed by atoms with Gasteiger partial charge in [-0.3, -0.25) is 9.59 Å². The minimum absolute atomic E-state index is 0.00756. The maximum Gasteiger partial charge on any atom is 0.243 e. The molecule has 1 unspecified atom stereocenters. The van der Waals surface area contributed by atoms with Crippen molar-refractivity contribution in [2.75, 3.05) is 6.54 Å². The number of fused-ring (bicyclic) bond motifs is 3.